The van der Waals surface area contributed by atoms with Crippen molar-refractivity contribution >= 4 is 17.2 Å². The van der Waals surface area contributed by atoms with Gasteiger partial charge in [-0.3, -0.25) is 0 Å². The van der Waals surface area contributed by atoms with E-state index in [9.17, 15) is 0 Å². The zero-order valence-corrected chi connectivity index (χ0v) is 10.3. The lowest BCUT2D eigenvalue weighted by molar-refractivity contribution is 0.305. The number of nitrogens with one attached hydrogen (secondary N) is 1. The third-order valence-corrected chi connectivity index (χ3v) is 3.81. The summed E-state index contributed by atoms with van der Waals surface area (Å²) in [6.45, 7) is 1.60. The number of hydrogen-bond acceptors (Lipinski definition) is 4. The lowest BCUT2D eigenvalue weighted by Crippen LogP contribution is -2.09. The highest BCUT2D eigenvalue weighted by Gasteiger charge is 2.14. The Kier molecular flexibility index (Phi) is 2.96. The van der Waals surface area contributed by atoms with Crippen LogP contribution in [-0.2, 0) is 13.0 Å². The van der Waals surface area contributed by atoms with Crippen molar-refractivity contribution in [3.05, 3.63) is 40.2 Å². The van der Waals surface area contributed by atoms with Crippen molar-refractivity contribution in [2.75, 3.05) is 11.9 Å². The average Bonchev–Trinajstić information content (AvgIpc) is 2.80. The summed E-state index contributed by atoms with van der Waals surface area (Å²) in [5.74, 6) is 1.96. The molecule has 1 aliphatic heterocycles. The van der Waals surface area contributed by atoms with Gasteiger partial charge in [-0.05, 0) is 25.0 Å². The van der Waals surface area contributed by atoms with E-state index < -0.39 is 0 Å². The number of fused-ring (bicyclic) bond motifs is 1. The Labute approximate surface area is 104 Å². The van der Waals surface area contributed by atoms with Gasteiger partial charge >= 0.3 is 0 Å². The summed E-state index contributed by atoms with van der Waals surface area (Å²) >= 11 is 1.76. The molecular formula is C13H14N2OS. The molecule has 1 aliphatic rings. The molecule has 1 aromatic carbocycles. The number of para-hydroxylation sites is 1. The maximum Gasteiger partial charge on any atom is 0.140 e. The lowest BCUT2D eigenvalue weighted by atomic mass is 10.2. The van der Waals surface area contributed by atoms with Crippen LogP contribution in [0.2, 0.25) is 0 Å². The summed E-state index contributed by atoms with van der Waals surface area (Å²) in [6.07, 6.45) is 2.35. The quantitative estimate of drug-likeness (QED) is 0.903. The number of thiazole rings is 1. The first-order chi connectivity index (χ1) is 8.42. The number of ether oxygens (including phenoxy) is 1. The van der Waals surface area contributed by atoms with E-state index in [0.29, 0.717) is 6.61 Å². The van der Waals surface area contributed by atoms with Crippen LogP contribution < -0.4 is 10.1 Å². The molecule has 3 nitrogen and oxygen atoms in total. The van der Waals surface area contributed by atoms with Crippen LogP contribution in [0.1, 0.15) is 16.3 Å². The number of hydrogen-bond donors (Lipinski definition) is 1. The number of aromatic nitrogens is 1. The van der Waals surface area contributed by atoms with Crippen molar-refractivity contribution in [2.45, 2.75) is 19.4 Å². The Hall–Kier alpha value is -1.55. The summed E-state index contributed by atoms with van der Waals surface area (Å²) in [4.78, 5) is 5.91. The highest BCUT2D eigenvalue weighted by Crippen LogP contribution is 2.28. The Morgan fingerprint density at radius 2 is 2.18 bits per heavy atom. The number of anilines is 1. The van der Waals surface area contributed by atoms with E-state index in [1.807, 2.05) is 30.3 Å². The molecule has 0 atom stereocenters. The van der Waals surface area contributed by atoms with Crippen LogP contribution in [0.3, 0.4) is 0 Å². The Morgan fingerprint density at radius 1 is 1.29 bits per heavy atom. The van der Waals surface area contributed by atoms with Crippen molar-refractivity contribution in [1.82, 2.24) is 4.98 Å². The summed E-state index contributed by atoms with van der Waals surface area (Å²) in [5.41, 5.74) is 0. The van der Waals surface area contributed by atoms with Crippen LogP contribution in [0.25, 0.3) is 0 Å². The molecule has 0 saturated heterocycles. The molecule has 0 unspecified atom stereocenters. The smallest absolute Gasteiger partial charge is 0.140 e. The molecule has 4 heteroatoms. The number of nitrogens with zero attached hydrogens (tertiary/aromatic N) is 1. The van der Waals surface area contributed by atoms with E-state index in [1.165, 1.54) is 11.3 Å². The topological polar surface area (TPSA) is 34.1 Å². The van der Waals surface area contributed by atoms with E-state index in [0.717, 1.165) is 29.5 Å². The summed E-state index contributed by atoms with van der Waals surface area (Å²) in [5, 5.41) is 4.37. The predicted octanol–water partition coefficient (Wildman–Crippen LogP) is 3.08. The van der Waals surface area contributed by atoms with E-state index in [4.69, 9.17) is 4.74 Å². The molecule has 2 heterocycles. The Morgan fingerprint density at radius 3 is 3.00 bits per heavy atom. The van der Waals surface area contributed by atoms with Crippen LogP contribution in [0.4, 0.5) is 5.82 Å². The van der Waals surface area contributed by atoms with Crippen molar-refractivity contribution < 1.29 is 4.74 Å². The molecule has 0 aliphatic carbocycles. The zero-order chi connectivity index (χ0) is 11.5. The van der Waals surface area contributed by atoms with E-state index >= 15 is 0 Å². The Balaban J connectivity index is 1.67. The van der Waals surface area contributed by atoms with Gasteiger partial charge in [0.15, 0.2) is 0 Å². The fraction of sp³-hybridized carbons (Fsp3) is 0.308. The molecule has 0 radical (unpaired) electrons. The molecule has 1 N–H and O–H groups in total. The van der Waals surface area contributed by atoms with Crippen molar-refractivity contribution in [3.8, 4) is 5.75 Å². The van der Waals surface area contributed by atoms with Gasteiger partial charge < -0.3 is 10.1 Å². The molecule has 3 rings (SSSR count). The SMILES string of the molecule is c1ccc(OCc2nc3c(s2)CCCN3)cc1. The number of aryl methyl sites for hydroxylation is 1. The third kappa shape index (κ3) is 2.42. The van der Waals surface area contributed by atoms with E-state index in [2.05, 4.69) is 10.3 Å². The minimum Gasteiger partial charge on any atom is -0.486 e. The van der Waals surface area contributed by atoms with Gasteiger partial charge in [-0.1, -0.05) is 18.2 Å². The van der Waals surface area contributed by atoms with Crippen molar-refractivity contribution in [2.24, 2.45) is 0 Å². The van der Waals surface area contributed by atoms with Gasteiger partial charge in [-0.2, -0.15) is 0 Å². The monoisotopic (exact) mass is 246 g/mol. The highest BCUT2D eigenvalue weighted by molar-refractivity contribution is 7.12. The van der Waals surface area contributed by atoms with Crippen LogP contribution in [-0.4, -0.2) is 11.5 Å². The second-order valence-electron chi connectivity index (χ2n) is 4.01. The summed E-state index contributed by atoms with van der Waals surface area (Å²) < 4.78 is 5.69. The van der Waals surface area contributed by atoms with E-state index in [-0.39, 0.29) is 0 Å². The van der Waals surface area contributed by atoms with Crippen LogP contribution in [0, 0.1) is 0 Å². The van der Waals surface area contributed by atoms with Gasteiger partial charge in [0, 0.05) is 11.4 Å². The predicted molar refractivity (Wildman–Crippen MR) is 69.7 cm³/mol. The summed E-state index contributed by atoms with van der Waals surface area (Å²) in [7, 11) is 0. The third-order valence-electron chi connectivity index (χ3n) is 2.72. The maximum atomic E-state index is 5.69. The maximum absolute atomic E-state index is 5.69. The Bertz CT molecular complexity index is 472. The molecule has 0 fully saturated rings. The van der Waals surface area contributed by atoms with Gasteiger partial charge in [0.2, 0.25) is 0 Å². The zero-order valence-electron chi connectivity index (χ0n) is 9.48. The van der Waals surface area contributed by atoms with Gasteiger partial charge in [0.25, 0.3) is 0 Å². The van der Waals surface area contributed by atoms with Crippen molar-refractivity contribution in [3.63, 3.8) is 0 Å². The fourth-order valence-electron chi connectivity index (χ4n) is 1.89. The second kappa shape index (κ2) is 4.75. The molecule has 17 heavy (non-hydrogen) atoms. The number of rotatable bonds is 3. The average molecular weight is 246 g/mol. The molecule has 2 aromatic rings. The van der Waals surface area contributed by atoms with E-state index in [1.54, 1.807) is 11.3 Å². The fourth-order valence-corrected chi connectivity index (χ4v) is 2.89. The molecule has 0 spiro atoms. The van der Waals surface area contributed by atoms with Crippen LogP contribution in [0.5, 0.6) is 5.75 Å². The van der Waals surface area contributed by atoms with Gasteiger partial charge in [0.1, 0.15) is 23.2 Å². The van der Waals surface area contributed by atoms with Gasteiger partial charge in [-0.15, -0.1) is 11.3 Å². The molecule has 0 bridgehead atoms. The first kappa shape index (κ1) is 10.6. The van der Waals surface area contributed by atoms with Crippen molar-refractivity contribution in [1.29, 1.82) is 0 Å². The minimum atomic E-state index is 0.559. The van der Waals surface area contributed by atoms with Crippen LogP contribution in [0.15, 0.2) is 30.3 Å². The summed E-state index contributed by atoms with van der Waals surface area (Å²) in [6, 6.07) is 9.87. The molecule has 88 valence electrons. The first-order valence-electron chi connectivity index (χ1n) is 5.82. The second-order valence-corrected chi connectivity index (χ2v) is 5.18. The van der Waals surface area contributed by atoms with Crippen LogP contribution >= 0.6 is 11.3 Å². The molecule has 1 aromatic heterocycles. The lowest BCUT2D eigenvalue weighted by Gasteiger charge is -2.10. The largest absolute Gasteiger partial charge is 0.486 e. The molecule has 0 saturated carbocycles. The highest BCUT2D eigenvalue weighted by atomic mass is 32.1. The molecular weight excluding hydrogens is 232 g/mol. The number of benzene rings is 1. The normalized spacial score (nSPS) is 13.9. The first-order valence-corrected chi connectivity index (χ1v) is 6.64. The van der Waals surface area contributed by atoms with Gasteiger partial charge in [0.05, 0.1) is 0 Å². The minimum absolute atomic E-state index is 0.559. The standard InChI is InChI=1S/C13H14N2OS/c1-2-5-10(6-3-1)16-9-12-15-13-11(17-12)7-4-8-14-13/h1-3,5-6,14H,4,7-9H2. The molecule has 0 amide bonds. The van der Waals surface area contributed by atoms with Gasteiger partial charge in [-0.25, -0.2) is 4.98 Å².